The molecule has 1 fully saturated rings. The summed E-state index contributed by atoms with van der Waals surface area (Å²) in [4.78, 5) is 12.9. The highest BCUT2D eigenvalue weighted by Gasteiger charge is 2.32. The molecule has 1 amide bonds. The molecule has 2 heterocycles. The highest BCUT2D eigenvalue weighted by Crippen LogP contribution is 2.31. The Morgan fingerprint density at radius 2 is 1.86 bits per heavy atom. The van der Waals surface area contributed by atoms with E-state index in [-0.39, 0.29) is 23.5 Å². The van der Waals surface area contributed by atoms with E-state index in [0.29, 0.717) is 29.2 Å². The van der Waals surface area contributed by atoms with E-state index in [4.69, 9.17) is 4.74 Å². The molecule has 1 aliphatic rings. The first-order valence-electron chi connectivity index (χ1n) is 9.26. The fourth-order valence-corrected chi connectivity index (χ4v) is 5.19. The molecule has 1 N–H and O–H groups in total. The molecule has 1 aliphatic heterocycles. The Labute approximate surface area is 169 Å². The van der Waals surface area contributed by atoms with E-state index in [1.54, 1.807) is 35.0 Å². The molecule has 0 bridgehead atoms. The average Bonchev–Trinajstić information content (AvgIpc) is 3.31. The molecule has 0 unspecified atom stereocenters. The van der Waals surface area contributed by atoms with Gasteiger partial charge in [-0.15, -0.1) is 0 Å². The predicted molar refractivity (Wildman–Crippen MR) is 111 cm³/mol. The van der Waals surface area contributed by atoms with Gasteiger partial charge in [-0.3, -0.25) is 4.79 Å². The molecule has 29 heavy (non-hydrogen) atoms. The topological polar surface area (TPSA) is 90.3 Å². The monoisotopic (exact) mass is 411 g/mol. The summed E-state index contributed by atoms with van der Waals surface area (Å²) in [6.45, 7) is 0. The summed E-state index contributed by atoms with van der Waals surface area (Å²) in [5.74, 6) is 0.715. The molecular formula is C21H21N3O4S. The number of ether oxygens (including phenoxy) is 1. The Bertz CT molecular complexity index is 1140. The number of aromatic nitrogens is 2. The van der Waals surface area contributed by atoms with Gasteiger partial charge in [-0.2, -0.15) is 5.10 Å². The highest BCUT2D eigenvalue weighted by molar-refractivity contribution is 7.91. The zero-order valence-electron chi connectivity index (χ0n) is 15.9. The van der Waals surface area contributed by atoms with Crippen molar-refractivity contribution in [2.24, 2.45) is 0 Å². The van der Waals surface area contributed by atoms with Gasteiger partial charge in [0.05, 0.1) is 35.9 Å². The molecule has 1 atom stereocenters. The van der Waals surface area contributed by atoms with E-state index in [0.717, 1.165) is 5.56 Å². The molecule has 0 spiro atoms. The number of sulfone groups is 1. The molecule has 0 aliphatic carbocycles. The number of hydrogen-bond donors (Lipinski definition) is 1. The van der Waals surface area contributed by atoms with E-state index >= 15 is 0 Å². The molecule has 1 aromatic heterocycles. The highest BCUT2D eigenvalue weighted by atomic mass is 32.2. The fraction of sp³-hybridized carbons (Fsp3) is 0.238. The largest absolute Gasteiger partial charge is 0.496 e. The minimum absolute atomic E-state index is 0.0143. The lowest BCUT2D eigenvalue weighted by atomic mass is 10.1. The van der Waals surface area contributed by atoms with Gasteiger partial charge in [0, 0.05) is 11.6 Å². The van der Waals surface area contributed by atoms with E-state index in [9.17, 15) is 13.2 Å². The third-order valence-corrected chi connectivity index (χ3v) is 6.70. The Morgan fingerprint density at radius 3 is 2.55 bits per heavy atom. The van der Waals surface area contributed by atoms with Gasteiger partial charge in [0.1, 0.15) is 11.6 Å². The Balaban J connectivity index is 1.71. The van der Waals surface area contributed by atoms with Crippen LogP contribution in [0.5, 0.6) is 5.75 Å². The van der Waals surface area contributed by atoms with Gasteiger partial charge in [-0.1, -0.05) is 42.5 Å². The lowest BCUT2D eigenvalue weighted by molar-refractivity contribution is 0.102. The van der Waals surface area contributed by atoms with Crippen LogP contribution in [0.2, 0.25) is 0 Å². The second-order valence-corrected chi connectivity index (χ2v) is 9.17. The summed E-state index contributed by atoms with van der Waals surface area (Å²) in [7, 11) is -1.59. The van der Waals surface area contributed by atoms with Gasteiger partial charge in [-0.05, 0) is 18.6 Å². The van der Waals surface area contributed by atoms with Crippen LogP contribution in [0, 0.1) is 0 Å². The van der Waals surface area contributed by atoms with E-state index in [1.165, 1.54) is 7.11 Å². The third kappa shape index (κ3) is 4.02. The number of nitrogens with one attached hydrogen (secondary N) is 1. The SMILES string of the molecule is COc1ccccc1C(=O)Nc1cc(-c2ccccc2)nn1[C@H]1CCS(=O)(=O)C1. The van der Waals surface area contributed by atoms with Crippen LogP contribution in [0.3, 0.4) is 0 Å². The van der Waals surface area contributed by atoms with Crippen molar-refractivity contribution < 1.29 is 17.9 Å². The van der Waals surface area contributed by atoms with Crippen LogP contribution in [-0.4, -0.2) is 42.7 Å². The second-order valence-electron chi connectivity index (χ2n) is 6.94. The van der Waals surface area contributed by atoms with Crippen LogP contribution < -0.4 is 10.1 Å². The molecule has 8 heteroatoms. The first-order valence-corrected chi connectivity index (χ1v) is 11.1. The fourth-order valence-electron chi connectivity index (χ4n) is 3.50. The molecule has 150 valence electrons. The Kier molecular flexibility index (Phi) is 5.10. The van der Waals surface area contributed by atoms with Crippen LogP contribution >= 0.6 is 0 Å². The number of para-hydroxylation sites is 1. The predicted octanol–water partition coefficient (Wildman–Crippen LogP) is 3.17. The van der Waals surface area contributed by atoms with Crippen molar-refractivity contribution in [2.45, 2.75) is 12.5 Å². The van der Waals surface area contributed by atoms with Gasteiger partial charge < -0.3 is 10.1 Å². The first kappa shape index (κ1) is 19.2. The Hall–Kier alpha value is -3.13. The smallest absolute Gasteiger partial charge is 0.260 e. The molecule has 4 rings (SSSR count). The minimum Gasteiger partial charge on any atom is -0.496 e. The van der Waals surface area contributed by atoms with Gasteiger partial charge in [0.15, 0.2) is 9.84 Å². The summed E-state index contributed by atoms with van der Waals surface area (Å²) < 4.78 is 30.9. The zero-order chi connectivity index (χ0) is 20.4. The van der Waals surface area contributed by atoms with Crippen molar-refractivity contribution in [2.75, 3.05) is 23.9 Å². The number of anilines is 1. The first-order chi connectivity index (χ1) is 14.0. The van der Waals surface area contributed by atoms with E-state index in [1.807, 2.05) is 30.3 Å². The molecule has 0 radical (unpaired) electrons. The van der Waals surface area contributed by atoms with Gasteiger partial charge >= 0.3 is 0 Å². The number of carbonyl (C=O) groups excluding carboxylic acids is 1. The molecule has 1 saturated heterocycles. The molecule has 0 saturated carbocycles. The summed E-state index contributed by atoms with van der Waals surface area (Å²) in [5, 5.41) is 7.51. The van der Waals surface area contributed by atoms with Gasteiger partial charge in [0.25, 0.3) is 5.91 Å². The van der Waals surface area contributed by atoms with Crippen LogP contribution in [0.25, 0.3) is 11.3 Å². The maximum absolute atomic E-state index is 12.9. The van der Waals surface area contributed by atoms with Crippen molar-refractivity contribution in [1.82, 2.24) is 9.78 Å². The Morgan fingerprint density at radius 1 is 1.14 bits per heavy atom. The lowest BCUT2D eigenvalue weighted by Crippen LogP contribution is -2.20. The summed E-state index contributed by atoms with van der Waals surface area (Å²) >= 11 is 0. The van der Waals surface area contributed by atoms with Gasteiger partial charge in [-0.25, -0.2) is 13.1 Å². The maximum Gasteiger partial charge on any atom is 0.260 e. The normalized spacial score (nSPS) is 17.8. The van der Waals surface area contributed by atoms with Crippen molar-refractivity contribution in [1.29, 1.82) is 0 Å². The standard InChI is InChI=1S/C21H21N3O4S/c1-28-19-10-6-5-9-17(19)21(25)22-20-13-18(15-7-3-2-4-8-15)23-24(20)16-11-12-29(26,27)14-16/h2-10,13,16H,11-12,14H2,1H3,(H,22,25)/t16-/m0/s1. The number of benzene rings is 2. The summed E-state index contributed by atoms with van der Waals surface area (Å²) in [6, 6.07) is 18.0. The quantitative estimate of drug-likeness (QED) is 0.696. The lowest BCUT2D eigenvalue weighted by Gasteiger charge is -2.14. The maximum atomic E-state index is 12.9. The average molecular weight is 411 g/mol. The molecule has 7 nitrogen and oxygen atoms in total. The second kappa shape index (κ2) is 7.71. The number of amides is 1. The van der Waals surface area contributed by atoms with E-state index in [2.05, 4.69) is 10.4 Å². The van der Waals surface area contributed by atoms with Crippen LogP contribution in [0.4, 0.5) is 5.82 Å². The van der Waals surface area contributed by atoms with Crippen molar-refractivity contribution >= 4 is 21.6 Å². The van der Waals surface area contributed by atoms with E-state index < -0.39 is 9.84 Å². The minimum atomic E-state index is -3.10. The third-order valence-electron chi connectivity index (χ3n) is 4.95. The summed E-state index contributed by atoms with van der Waals surface area (Å²) in [5.41, 5.74) is 1.95. The number of rotatable bonds is 5. The zero-order valence-corrected chi connectivity index (χ0v) is 16.7. The van der Waals surface area contributed by atoms with Crippen molar-refractivity contribution in [3.05, 3.63) is 66.2 Å². The van der Waals surface area contributed by atoms with Crippen LogP contribution in [0.15, 0.2) is 60.7 Å². The number of nitrogens with zero attached hydrogens (tertiary/aromatic N) is 2. The van der Waals surface area contributed by atoms with Gasteiger partial charge in [0.2, 0.25) is 0 Å². The number of methoxy groups -OCH3 is 1. The van der Waals surface area contributed by atoms with Crippen LogP contribution in [-0.2, 0) is 9.84 Å². The number of carbonyl (C=O) groups is 1. The van der Waals surface area contributed by atoms with Crippen molar-refractivity contribution in [3.63, 3.8) is 0 Å². The van der Waals surface area contributed by atoms with Crippen molar-refractivity contribution in [3.8, 4) is 17.0 Å². The molecular weight excluding hydrogens is 390 g/mol. The molecule has 3 aromatic rings. The van der Waals surface area contributed by atoms with Crippen LogP contribution in [0.1, 0.15) is 22.8 Å². The number of hydrogen-bond acceptors (Lipinski definition) is 5. The summed E-state index contributed by atoms with van der Waals surface area (Å²) in [6.07, 6.45) is 0.468. The molecule has 2 aromatic carbocycles.